The Morgan fingerprint density at radius 1 is 1.17 bits per heavy atom. The molecule has 4 rings (SSSR count). The van der Waals surface area contributed by atoms with Gasteiger partial charge in [0, 0.05) is 55.9 Å². The van der Waals surface area contributed by atoms with Gasteiger partial charge in [-0.1, -0.05) is 19.9 Å². The average Bonchev–Trinajstić information content (AvgIpc) is 3.43. The summed E-state index contributed by atoms with van der Waals surface area (Å²) in [5, 5.41) is 4.20. The third kappa shape index (κ3) is 6.34. The van der Waals surface area contributed by atoms with Crippen molar-refractivity contribution in [1.82, 2.24) is 20.2 Å². The number of ether oxygens (including phenoxy) is 1. The van der Waals surface area contributed by atoms with Crippen LogP contribution in [-0.4, -0.2) is 65.7 Å². The van der Waals surface area contributed by atoms with Gasteiger partial charge in [-0.05, 0) is 60.6 Å². The van der Waals surface area contributed by atoms with E-state index in [9.17, 15) is 4.79 Å². The van der Waals surface area contributed by atoms with Gasteiger partial charge in [-0.2, -0.15) is 0 Å². The predicted molar refractivity (Wildman–Crippen MR) is 148 cm³/mol. The molecule has 0 unspecified atom stereocenters. The maximum atomic E-state index is 13.5. The zero-order valence-electron chi connectivity index (χ0n) is 21.1. The molecule has 1 aliphatic heterocycles. The minimum atomic E-state index is -0.104. The fourth-order valence-corrected chi connectivity index (χ4v) is 4.41. The van der Waals surface area contributed by atoms with Crippen molar-refractivity contribution in [1.29, 1.82) is 0 Å². The van der Waals surface area contributed by atoms with Crippen LogP contribution in [0, 0.1) is 5.92 Å². The van der Waals surface area contributed by atoms with E-state index in [2.05, 4.69) is 51.1 Å². The molecular formula is C27H34N6O2S. The molecule has 2 heterocycles. The van der Waals surface area contributed by atoms with Gasteiger partial charge in [0.2, 0.25) is 0 Å². The van der Waals surface area contributed by atoms with Crippen LogP contribution in [0.3, 0.4) is 0 Å². The maximum absolute atomic E-state index is 13.5. The molecule has 0 aliphatic carbocycles. The van der Waals surface area contributed by atoms with Crippen LogP contribution in [0.25, 0.3) is 0 Å². The van der Waals surface area contributed by atoms with E-state index in [-0.39, 0.29) is 5.91 Å². The molecule has 36 heavy (non-hydrogen) atoms. The summed E-state index contributed by atoms with van der Waals surface area (Å²) in [6, 6.07) is 15.4. The molecule has 2 N–H and O–H groups in total. The summed E-state index contributed by atoms with van der Waals surface area (Å²) < 4.78 is 5.32. The number of amides is 1. The summed E-state index contributed by atoms with van der Waals surface area (Å²) in [6.45, 7) is 9.18. The van der Waals surface area contributed by atoms with E-state index in [1.54, 1.807) is 36.7 Å². The van der Waals surface area contributed by atoms with Crippen molar-refractivity contribution in [3.05, 3.63) is 72.3 Å². The van der Waals surface area contributed by atoms with E-state index in [4.69, 9.17) is 17.0 Å². The molecule has 1 amide bonds. The number of thiocarbonyl (C=S) groups is 1. The number of benzene rings is 2. The number of hydrogen-bond acceptors (Lipinski definition) is 5. The highest BCUT2D eigenvalue weighted by Gasteiger charge is 2.22. The van der Waals surface area contributed by atoms with Crippen molar-refractivity contribution in [3.8, 4) is 5.75 Å². The Bertz CT molecular complexity index is 1140. The number of carbonyl (C=O) groups excluding carboxylic acids is 1. The van der Waals surface area contributed by atoms with Crippen LogP contribution < -0.4 is 19.9 Å². The van der Waals surface area contributed by atoms with Crippen LogP contribution in [-0.2, 0) is 6.54 Å². The van der Waals surface area contributed by atoms with Crippen LogP contribution in [0.1, 0.15) is 29.9 Å². The number of piperazine rings is 1. The first-order chi connectivity index (χ1) is 17.4. The van der Waals surface area contributed by atoms with Crippen molar-refractivity contribution in [2.45, 2.75) is 20.4 Å². The van der Waals surface area contributed by atoms with Gasteiger partial charge in [0.25, 0.3) is 5.91 Å². The Kier molecular flexibility index (Phi) is 8.43. The summed E-state index contributed by atoms with van der Waals surface area (Å²) in [5.41, 5.74) is 3.37. The number of aromatic nitrogens is 2. The zero-order valence-corrected chi connectivity index (χ0v) is 21.9. The number of H-pyrrole nitrogens is 1. The fourth-order valence-electron chi connectivity index (χ4n) is 4.15. The molecule has 8 nitrogen and oxygen atoms in total. The van der Waals surface area contributed by atoms with E-state index >= 15 is 0 Å². The molecule has 1 fully saturated rings. The van der Waals surface area contributed by atoms with Crippen molar-refractivity contribution in [2.24, 2.45) is 5.92 Å². The first-order valence-electron chi connectivity index (χ1n) is 12.3. The molecular weight excluding hydrogens is 472 g/mol. The number of aromatic amines is 1. The highest BCUT2D eigenvalue weighted by molar-refractivity contribution is 7.80. The second-order valence-corrected chi connectivity index (χ2v) is 9.66. The fraction of sp³-hybridized carbons (Fsp3) is 0.370. The summed E-state index contributed by atoms with van der Waals surface area (Å²) in [6.07, 6.45) is 3.36. The Morgan fingerprint density at radius 2 is 1.92 bits per heavy atom. The molecule has 9 heteroatoms. The van der Waals surface area contributed by atoms with Gasteiger partial charge < -0.3 is 29.7 Å². The van der Waals surface area contributed by atoms with E-state index in [0.29, 0.717) is 23.8 Å². The van der Waals surface area contributed by atoms with Gasteiger partial charge in [0.15, 0.2) is 5.11 Å². The van der Waals surface area contributed by atoms with Gasteiger partial charge in [0.1, 0.15) is 5.75 Å². The van der Waals surface area contributed by atoms with E-state index in [0.717, 1.165) is 54.9 Å². The van der Waals surface area contributed by atoms with Crippen LogP contribution in [0.15, 0.2) is 61.1 Å². The lowest BCUT2D eigenvalue weighted by Crippen LogP contribution is -2.52. The monoisotopic (exact) mass is 506 g/mol. The van der Waals surface area contributed by atoms with Crippen LogP contribution in [0.5, 0.6) is 5.75 Å². The molecule has 0 spiro atoms. The Labute approximate surface area is 218 Å². The number of hydrogen-bond donors (Lipinski definition) is 2. The standard InChI is InChI=1S/C27H34N6O2S/c1-20(2)16-29-27(36)32-13-11-31(12-14-32)23-7-9-24(10-8-23)33(18-22-17-28-19-30-22)26(34)21-5-4-6-25(15-21)35-3/h4-10,15,17,19-20H,11-14,16,18H2,1-3H3,(H,28,30)(H,29,36). The molecule has 1 aromatic heterocycles. The molecule has 0 radical (unpaired) electrons. The Balaban J connectivity index is 1.46. The van der Waals surface area contributed by atoms with Gasteiger partial charge in [0.05, 0.1) is 25.7 Å². The molecule has 1 saturated heterocycles. The highest BCUT2D eigenvalue weighted by atomic mass is 32.1. The van der Waals surface area contributed by atoms with E-state index in [1.807, 2.05) is 24.3 Å². The van der Waals surface area contributed by atoms with Gasteiger partial charge in [-0.15, -0.1) is 0 Å². The molecule has 0 atom stereocenters. The number of nitrogens with zero attached hydrogens (tertiary/aromatic N) is 4. The highest BCUT2D eigenvalue weighted by Crippen LogP contribution is 2.25. The smallest absolute Gasteiger partial charge is 0.258 e. The SMILES string of the molecule is COc1cccc(C(=O)N(Cc2cnc[nH]2)c2ccc(N3CCN(C(=S)NCC(C)C)CC3)cc2)c1. The van der Waals surface area contributed by atoms with Gasteiger partial charge in [-0.25, -0.2) is 4.98 Å². The van der Waals surface area contributed by atoms with E-state index in [1.165, 1.54) is 0 Å². The van der Waals surface area contributed by atoms with Crippen LogP contribution in [0.4, 0.5) is 11.4 Å². The number of methoxy groups -OCH3 is 1. The van der Waals surface area contributed by atoms with Gasteiger partial charge in [-0.3, -0.25) is 4.79 Å². The Morgan fingerprint density at radius 3 is 2.56 bits per heavy atom. The molecule has 1 aliphatic rings. The number of carbonyl (C=O) groups is 1. The molecule has 0 bridgehead atoms. The lowest BCUT2D eigenvalue weighted by atomic mass is 10.1. The average molecular weight is 507 g/mol. The zero-order chi connectivity index (χ0) is 25.5. The summed E-state index contributed by atoms with van der Waals surface area (Å²) in [5.74, 6) is 1.11. The topological polar surface area (TPSA) is 76.7 Å². The first-order valence-corrected chi connectivity index (χ1v) is 12.7. The molecule has 190 valence electrons. The maximum Gasteiger partial charge on any atom is 0.258 e. The predicted octanol–water partition coefficient (Wildman–Crippen LogP) is 3.92. The van der Waals surface area contributed by atoms with Crippen molar-refractivity contribution in [2.75, 3.05) is 49.6 Å². The lowest BCUT2D eigenvalue weighted by Gasteiger charge is -2.37. The van der Waals surface area contributed by atoms with Crippen LogP contribution in [0.2, 0.25) is 0 Å². The normalized spacial score (nSPS) is 13.6. The number of nitrogens with one attached hydrogen (secondary N) is 2. The summed E-state index contributed by atoms with van der Waals surface area (Å²) in [4.78, 5) is 27.1. The first kappa shape index (κ1) is 25.5. The molecule has 0 saturated carbocycles. The lowest BCUT2D eigenvalue weighted by molar-refractivity contribution is 0.0984. The quantitative estimate of drug-likeness (QED) is 0.449. The minimum Gasteiger partial charge on any atom is -0.497 e. The Hall–Kier alpha value is -3.59. The third-order valence-electron chi connectivity index (χ3n) is 6.20. The number of imidazole rings is 1. The second-order valence-electron chi connectivity index (χ2n) is 9.27. The molecule has 3 aromatic rings. The van der Waals surface area contributed by atoms with Crippen molar-refractivity contribution < 1.29 is 9.53 Å². The molecule has 2 aromatic carbocycles. The van der Waals surface area contributed by atoms with E-state index < -0.39 is 0 Å². The largest absolute Gasteiger partial charge is 0.497 e. The summed E-state index contributed by atoms with van der Waals surface area (Å²) in [7, 11) is 1.60. The summed E-state index contributed by atoms with van der Waals surface area (Å²) >= 11 is 5.57. The minimum absolute atomic E-state index is 0.104. The second kappa shape index (κ2) is 11.9. The number of anilines is 2. The van der Waals surface area contributed by atoms with Crippen LogP contribution >= 0.6 is 12.2 Å². The van der Waals surface area contributed by atoms with Crippen molar-refractivity contribution >= 4 is 34.6 Å². The number of rotatable bonds is 8. The van der Waals surface area contributed by atoms with Crippen molar-refractivity contribution in [3.63, 3.8) is 0 Å². The van der Waals surface area contributed by atoms with Gasteiger partial charge >= 0.3 is 0 Å². The third-order valence-corrected chi connectivity index (χ3v) is 6.60.